The molecule has 0 aromatic heterocycles. The van der Waals surface area contributed by atoms with Gasteiger partial charge in [-0.25, -0.2) is 0 Å². The van der Waals surface area contributed by atoms with Crippen LogP contribution >= 0.6 is 0 Å². The maximum Gasteiger partial charge on any atom is -0.0500 e. The molecule has 0 rings (SSSR count). The molecule has 0 heteroatoms. The molecular weight excluding hydrogens is 144 g/mol. The molecular formula is C12H32. The summed E-state index contributed by atoms with van der Waals surface area (Å²) in [6, 6.07) is 0. The summed E-state index contributed by atoms with van der Waals surface area (Å²) in [4.78, 5) is 0. The lowest BCUT2D eigenvalue weighted by Crippen LogP contribution is -1.66. The molecule has 0 N–H and O–H groups in total. The van der Waals surface area contributed by atoms with Crippen molar-refractivity contribution in [1.82, 2.24) is 0 Å². The third kappa shape index (κ3) is 0. The van der Waals surface area contributed by atoms with Crippen molar-refractivity contribution in [1.29, 1.82) is 0 Å². The van der Waals surface area contributed by atoms with Gasteiger partial charge in [0.1, 0.15) is 0 Å². The third-order valence-electron chi connectivity index (χ3n) is 0. The minimum Gasteiger partial charge on any atom is -0.0683 e. The Labute approximate surface area is 81.8 Å². The van der Waals surface area contributed by atoms with Crippen LogP contribution in [0.3, 0.4) is 0 Å². The number of rotatable bonds is 0. The molecule has 0 aliphatic carbocycles. The SMILES string of the molecule is CC.CC.CC(C)C.CC(C)C. The summed E-state index contributed by atoms with van der Waals surface area (Å²) in [5.41, 5.74) is 0. The van der Waals surface area contributed by atoms with Crippen LogP contribution in [0, 0.1) is 11.8 Å². The van der Waals surface area contributed by atoms with Gasteiger partial charge >= 0.3 is 0 Å². The van der Waals surface area contributed by atoms with Gasteiger partial charge in [0.15, 0.2) is 0 Å². The molecule has 0 bridgehead atoms. The standard InChI is InChI=1S/2C4H10.2C2H6/c2*1-4(2)3;2*1-2/h2*4H,1-3H3;2*1-2H3. The molecule has 0 nitrogen and oxygen atoms in total. The lowest BCUT2D eigenvalue weighted by atomic mass is 10.3. The van der Waals surface area contributed by atoms with Gasteiger partial charge in [-0.15, -0.1) is 0 Å². The van der Waals surface area contributed by atoms with Gasteiger partial charge in [-0.05, 0) is 11.8 Å². The largest absolute Gasteiger partial charge is 0.0683 e. The van der Waals surface area contributed by atoms with Crippen LogP contribution in [0.5, 0.6) is 0 Å². The first kappa shape index (κ1) is 22.7. The summed E-state index contributed by atoms with van der Waals surface area (Å²) in [5.74, 6) is 1.67. The molecule has 0 fully saturated rings. The van der Waals surface area contributed by atoms with E-state index in [1.807, 2.05) is 27.7 Å². The number of hydrogen-bond donors (Lipinski definition) is 0. The molecule has 0 saturated heterocycles. The van der Waals surface area contributed by atoms with E-state index in [0.29, 0.717) is 0 Å². The van der Waals surface area contributed by atoms with Gasteiger partial charge < -0.3 is 0 Å². The highest BCUT2D eigenvalue weighted by molar-refractivity contribution is 4.21. The van der Waals surface area contributed by atoms with Crippen molar-refractivity contribution in [3.05, 3.63) is 0 Å². The van der Waals surface area contributed by atoms with Crippen LogP contribution in [0.1, 0.15) is 69.2 Å². The average Bonchev–Trinajstić information content (AvgIpc) is 1.93. The Kier molecular flexibility index (Phi) is 57.8. The molecule has 0 aliphatic rings. The van der Waals surface area contributed by atoms with E-state index < -0.39 is 0 Å². The van der Waals surface area contributed by atoms with E-state index in [9.17, 15) is 0 Å². The maximum absolute atomic E-state index is 2.17. The first-order chi connectivity index (χ1) is 5.46. The molecule has 0 aliphatic heterocycles. The maximum atomic E-state index is 2.17. The predicted molar refractivity (Wildman–Crippen MR) is 63.7 cm³/mol. The van der Waals surface area contributed by atoms with E-state index in [0.717, 1.165) is 11.8 Å². The first-order valence-electron chi connectivity index (χ1n) is 5.46. The number of hydrogen-bond acceptors (Lipinski definition) is 0. The van der Waals surface area contributed by atoms with Crippen molar-refractivity contribution >= 4 is 0 Å². The quantitative estimate of drug-likeness (QED) is 0.465. The molecule has 0 amide bonds. The Bertz CT molecular complexity index is 15.5. The summed E-state index contributed by atoms with van der Waals surface area (Å²) in [7, 11) is 0. The second-order valence-electron chi connectivity index (χ2n) is 3.46. The lowest BCUT2D eigenvalue weighted by molar-refractivity contribution is 0.736. The van der Waals surface area contributed by atoms with Gasteiger partial charge in [0, 0.05) is 0 Å². The molecule has 0 aromatic carbocycles. The van der Waals surface area contributed by atoms with Crippen LogP contribution in [0.15, 0.2) is 0 Å². The average molecular weight is 176 g/mol. The summed E-state index contributed by atoms with van der Waals surface area (Å²) in [5, 5.41) is 0. The van der Waals surface area contributed by atoms with E-state index in [-0.39, 0.29) is 0 Å². The van der Waals surface area contributed by atoms with Crippen LogP contribution in [0.4, 0.5) is 0 Å². The molecule has 0 spiro atoms. The second-order valence-corrected chi connectivity index (χ2v) is 3.46. The molecule has 0 heterocycles. The van der Waals surface area contributed by atoms with Crippen LogP contribution in [-0.2, 0) is 0 Å². The molecule has 0 radical (unpaired) electrons. The second kappa shape index (κ2) is 30.6. The first-order valence-corrected chi connectivity index (χ1v) is 5.46. The molecule has 0 atom stereocenters. The van der Waals surface area contributed by atoms with Gasteiger partial charge in [-0.3, -0.25) is 0 Å². The monoisotopic (exact) mass is 176 g/mol. The highest BCUT2D eigenvalue weighted by Crippen LogP contribution is 1.81. The van der Waals surface area contributed by atoms with Crippen molar-refractivity contribution < 1.29 is 0 Å². The predicted octanol–water partition coefficient (Wildman–Crippen LogP) is 5.38. The minimum atomic E-state index is 0.833. The topological polar surface area (TPSA) is 0 Å². The smallest absolute Gasteiger partial charge is 0.0500 e. The van der Waals surface area contributed by atoms with Crippen molar-refractivity contribution in [3.63, 3.8) is 0 Å². The van der Waals surface area contributed by atoms with Crippen molar-refractivity contribution in [2.24, 2.45) is 11.8 Å². The zero-order chi connectivity index (χ0) is 11.2. The Balaban J connectivity index is -0.0000000380. The summed E-state index contributed by atoms with van der Waals surface area (Å²) < 4.78 is 0. The third-order valence-corrected chi connectivity index (χ3v) is 0. The highest BCUT2D eigenvalue weighted by atomic mass is 13.7. The Morgan fingerprint density at radius 3 is 0.417 bits per heavy atom. The zero-order valence-corrected chi connectivity index (χ0v) is 11.2. The Morgan fingerprint density at radius 2 is 0.417 bits per heavy atom. The van der Waals surface area contributed by atoms with E-state index in [2.05, 4.69) is 41.5 Å². The van der Waals surface area contributed by atoms with Gasteiger partial charge in [-0.1, -0.05) is 69.2 Å². The van der Waals surface area contributed by atoms with Crippen LogP contribution in [-0.4, -0.2) is 0 Å². The van der Waals surface area contributed by atoms with Crippen LogP contribution in [0.2, 0.25) is 0 Å². The van der Waals surface area contributed by atoms with Crippen LogP contribution in [0.25, 0.3) is 0 Å². The lowest BCUT2D eigenvalue weighted by Gasteiger charge is -1.79. The zero-order valence-electron chi connectivity index (χ0n) is 11.2. The molecule has 80 valence electrons. The minimum absolute atomic E-state index is 0.833. The van der Waals surface area contributed by atoms with E-state index in [1.54, 1.807) is 0 Å². The van der Waals surface area contributed by atoms with Gasteiger partial charge in [0.05, 0.1) is 0 Å². The summed E-state index contributed by atoms with van der Waals surface area (Å²) in [6.07, 6.45) is 0. The van der Waals surface area contributed by atoms with Crippen molar-refractivity contribution in [2.45, 2.75) is 69.2 Å². The molecule has 12 heavy (non-hydrogen) atoms. The highest BCUT2D eigenvalue weighted by Gasteiger charge is 1.68. The van der Waals surface area contributed by atoms with Gasteiger partial charge in [0.2, 0.25) is 0 Å². The fourth-order valence-corrected chi connectivity index (χ4v) is 0. The fraction of sp³-hybridized carbons (Fsp3) is 1.00. The molecule has 0 aromatic rings. The van der Waals surface area contributed by atoms with Crippen molar-refractivity contribution in [2.75, 3.05) is 0 Å². The van der Waals surface area contributed by atoms with E-state index in [4.69, 9.17) is 0 Å². The Hall–Kier alpha value is 0. The van der Waals surface area contributed by atoms with Crippen molar-refractivity contribution in [3.8, 4) is 0 Å². The molecule has 0 saturated carbocycles. The van der Waals surface area contributed by atoms with Gasteiger partial charge in [0.25, 0.3) is 0 Å². The van der Waals surface area contributed by atoms with Crippen LogP contribution < -0.4 is 0 Å². The normalized spacial score (nSPS) is 7.00. The fourth-order valence-electron chi connectivity index (χ4n) is 0. The van der Waals surface area contributed by atoms with E-state index in [1.165, 1.54) is 0 Å². The van der Waals surface area contributed by atoms with E-state index >= 15 is 0 Å². The molecule has 0 unspecified atom stereocenters. The Morgan fingerprint density at radius 1 is 0.417 bits per heavy atom. The summed E-state index contributed by atoms with van der Waals surface area (Å²) in [6.45, 7) is 21.0. The van der Waals surface area contributed by atoms with Gasteiger partial charge in [-0.2, -0.15) is 0 Å². The summed E-state index contributed by atoms with van der Waals surface area (Å²) >= 11 is 0.